The highest BCUT2D eigenvalue weighted by molar-refractivity contribution is 7.20. The summed E-state index contributed by atoms with van der Waals surface area (Å²) in [6.45, 7) is 2.84. The number of ether oxygens (including phenoxy) is 1. The van der Waals surface area contributed by atoms with Crippen LogP contribution in [0.15, 0.2) is 41.3 Å². The molecule has 7 heteroatoms. The summed E-state index contributed by atoms with van der Waals surface area (Å²) >= 11 is 1.38. The maximum absolute atomic E-state index is 11.8. The first-order valence-corrected chi connectivity index (χ1v) is 8.82. The monoisotopic (exact) mass is 342 g/mol. The fourth-order valence-corrected chi connectivity index (χ4v) is 3.81. The molecule has 6 nitrogen and oxygen atoms in total. The van der Waals surface area contributed by atoms with Crippen molar-refractivity contribution in [3.05, 3.63) is 58.0 Å². The smallest absolute Gasteiger partial charge is 0.275 e. The minimum Gasteiger partial charge on any atom is -0.371 e. The van der Waals surface area contributed by atoms with Crippen molar-refractivity contribution in [1.82, 2.24) is 14.6 Å². The molecule has 3 heterocycles. The molecule has 0 amide bonds. The van der Waals surface area contributed by atoms with Crippen molar-refractivity contribution in [2.45, 2.75) is 31.9 Å². The first kappa shape index (κ1) is 15.3. The summed E-state index contributed by atoms with van der Waals surface area (Å²) in [6.07, 6.45) is 3.49. The van der Waals surface area contributed by atoms with Crippen molar-refractivity contribution < 1.29 is 4.74 Å². The summed E-state index contributed by atoms with van der Waals surface area (Å²) < 4.78 is 7.35. The molecule has 0 spiro atoms. The lowest BCUT2D eigenvalue weighted by atomic mass is 9.95. The summed E-state index contributed by atoms with van der Waals surface area (Å²) in [5.41, 5.74) is 2.23. The van der Waals surface area contributed by atoms with Gasteiger partial charge in [0.05, 0.1) is 6.04 Å². The van der Waals surface area contributed by atoms with Crippen molar-refractivity contribution in [3.63, 3.8) is 0 Å². The molecule has 1 N–H and O–H groups in total. The van der Waals surface area contributed by atoms with E-state index in [0.717, 1.165) is 25.0 Å². The molecule has 0 unspecified atom stereocenters. The molecule has 4 rings (SSSR count). The Hall–Kier alpha value is -2.25. The quantitative estimate of drug-likeness (QED) is 0.793. The number of aryl methyl sites for hydroxylation is 1. The van der Waals surface area contributed by atoms with Gasteiger partial charge in [0, 0.05) is 18.9 Å². The van der Waals surface area contributed by atoms with Crippen LogP contribution in [0, 0.1) is 6.92 Å². The third-order valence-corrected chi connectivity index (χ3v) is 5.06. The van der Waals surface area contributed by atoms with Crippen LogP contribution in [0.5, 0.6) is 0 Å². The molecular formula is C17H18N4O2S. The number of nitrogens with zero attached hydrogens (tertiary/aromatic N) is 3. The minimum atomic E-state index is -0.167. The van der Waals surface area contributed by atoms with Crippen LogP contribution in [0.3, 0.4) is 0 Å². The van der Waals surface area contributed by atoms with Gasteiger partial charge < -0.3 is 10.1 Å². The van der Waals surface area contributed by atoms with E-state index < -0.39 is 0 Å². The zero-order valence-electron chi connectivity index (χ0n) is 13.3. The third kappa shape index (κ3) is 2.92. The van der Waals surface area contributed by atoms with Crippen LogP contribution in [0.1, 0.15) is 30.1 Å². The summed E-state index contributed by atoms with van der Waals surface area (Å²) in [7, 11) is 0. The topological polar surface area (TPSA) is 68.5 Å². The predicted molar refractivity (Wildman–Crippen MR) is 93.7 cm³/mol. The first-order chi connectivity index (χ1) is 11.7. The normalized spacial score (nSPS) is 21.0. The zero-order valence-corrected chi connectivity index (χ0v) is 14.1. The average Bonchev–Trinajstić information content (AvgIpc) is 3.00. The highest BCUT2D eigenvalue weighted by Gasteiger charge is 2.28. The molecule has 1 aliphatic rings. The number of hydrogen-bond donors (Lipinski definition) is 1. The first-order valence-electron chi connectivity index (χ1n) is 8.00. The molecule has 0 aliphatic carbocycles. The average molecular weight is 342 g/mol. The Morgan fingerprint density at radius 1 is 1.29 bits per heavy atom. The molecule has 2 aromatic heterocycles. The Morgan fingerprint density at radius 3 is 2.92 bits per heavy atom. The van der Waals surface area contributed by atoms with E-state index in [0.29, 0.717) is 10.1 Å². The zero-order chi connectivity index (χ0) is 16.5. The van der Waals surface area contributed by atoms with E-state index in [1.54, 1.807) is 0 Å². The van der Waals surface area contributed by atoms with Crippen LogP contribution in [-0.2, 0) is 4.74 Å². The molecule has 2 atom stereocenters. The van der Waals surface area contributed by atoms with Crippen LogP contribution in [0.2, 0.25) is 0 Å². The van der Waals surface area contributed by atoms with Gasteiger partial charge in [-0.15, -0.1) is 5.10 Å². The van der Waals surface area contributed by atoms with E-state index in [1.165, 1.54) is 33.7 Å². The van der Waals surface area contributed by atoms with Gasteiger partial charge in [0.15, 0.2) is 0 Å². The van der Waals surface area contributed by atoms with Crippen LogP contribution >= 0.6 is 11.3 Å². The van der Waals surface area contributed by atoms with Gasteiger partial charge >= 0.3 is 0 Å². The van der Waals surface area contributed by atoms with Gasteiger partial charge in [-0.2, -0.15) is 4.52 Å². The molecule has 0 radical (unpaired) electrons. The van der Waals surface area contributed by atoms with Gasteiger partial charge in [-0.05, 0) is 25.3 Å². The van der Waals surface area contributed by atoms with E-state index >= 15 is 0 Å². The van der Waals surface area contributed by atoms with Crippen LogP contribution in [-0.4, -0.2) is 27.2 Å². The number of anilines is 1. The summed E-state index contributed by atoms with van der Waals surface area (Å²) in [6, 6.07) is 9.97. The number of rotatable bonds is 3. The molecule has 24 heavy (non-hydrogen) atoms. The fourth-order valence-electron chi connectivity index (χ4n) is 2.97. The molecule has 1 aliphatic heterocycles. The number of nitrogens with one attached hydrogen (secondary N) is 1. The lowest BCUT2D eigenvalue weighted by Gasteiger charge is -2.32. The SMILES string of the molecule is Cc1ccc([C@@H]2OCCC[C@@H]2Nc2nn3c(=O)ccnc3s2)cc1. The van der Waals surface area contributed by atoms with E-state index in [1.807, 2.05) is 0 Å². The molecule has 124 valence electrons. The molecule has 3 aromatic rings. The largest absolute Gasteiger partial charge is 0.371 e. The molecular weight excluding hydrogens is 324 g/mol. The molecule has 1 saturated heterocycles. The van der Waals surface area contributed by atoms with Crippen LogP contribution < -0.4 is 10.9 Å². The van der Waals surface area contributed by atoms with Gasteiger partial charge in [0.1, 0.15) is 6.10 Å². The molecule has 1 fully saturated rings. The summed E-state index contributed by atoms with van der Waals surface area (Å²) in [4.78, 5) is 16.6. The van der Waals surface area contributed by atoms with E-state index in [-0.39, 0.29) is 17.7 Å². The Morgan fingerprint density at radius 2 is 2.12 bits per heavy atom. The Bertz CT molecular complexity index is 903. The van der Waals surface area contributed by atoms with Gasteiger partial charge in [0.25, 0.3) is 5.56 Å². The van der Waals surface area contributed by atoms with Gasteiger partial charge in [-0.1, -0.05) is 41.2 Å². The third-order valence-electron chi connectivity index (χ3n) is 4.21. The molecule has 1 aromatic carbocycles. The number of fused-ring (bicyclic) bond motifs is 1. The maximum atomic E-state index is 11.8. The maximum Gasteiger partial charge on any atom is 0.275 e. The van der Waals surface area contributed by atoms with Crippen molar-refractivity contribution in [1.29, 1.82) is 0 Å². The highest BCUT2D eigenvalue weighted by Crippen LogP contribution is 2.31. The molecule has 0 bridgehead atoms. The van der Waals surface area contributed by atoms with E-state index in [9.17, 15) is 4.79 Å². The Balaban J connectivity index is 1.61. The van der Waals surface area contributed by atoms with Gasteiger partial charge in [-0.3, -0.25) is 4.79 Å². The predicted octanol–water partition coefficient (Wildman–Crippen LogP) is 2.79. The summed E-state index contributed by atoms with van der Waals surface area (Å²) in [5, 5.41) is 8.48. The van der Waals surface area contributed by atoms with Crippen LogP contribution in [0.4, 0.5) is 5.13 Å². The second kappa shape index (κ2) is 6.33. The van der Waals surface area contributed by atoms with E-state index in [4.69, 9.17) is 4.74 Å². The Kier molecular flexibility index (Phi) is 4.03. The second-order valence-electron chi connectivity index (χ2n) is 5.98. The highest BCUT2D eigenvalue weighted by atomic mass is 32.1. The standard InChI is InChI=1S/C17H18N4O2S/c1-11-4-6-12(7-5-11)15-13(3-2-10-23-15)19-16-20-21-14(22)8-9-18-17(21)24-16/h4-9,13,15H,2-3,10H2,1H3,(H,19,20)/t13-,15-/m0/s1. The number of aromatic nitrogens is 3. The van der Waals surface area contributed by atoms with Crippen LogP contribution in [0.25, 0.3) is 4.96 Å². The van der Waals surface area contributed by atoms with Crippen molar-refractivity contribution in [3.8, 4) is 0 Å². The lowest BCUT2D eigenvalue weighted by molar-refractivity contribution is 0.00562. The van der Waals surface area contributed by atoms with Crippen molar-refractivity contribution >= 4 is 21.4 Å². The Labute approximate surface area is 143 Å². The number of benzene rings is 1. The number of hydrogen-bond acceptors (Lipinski definition) is 6. The fraction of sp³-hybridized carbons (Fsp3) is 0.353. The minimum absolute atomic E-state index is 0.0176. The van der Waals surface area contributed by atoms with Gasteiger partial charge in [0.2, 0.25) is 10.1 Å². The van der Waals surface area contributed by atoms with Crippen molar-refractivity contribution in [2.75, 3.05) is 11.9 Å². The van der Waals surface area contributed by atoms with E-state index in [2.05, 4.69) is 46.6 Å². The lowest BCUT2D eigenvalue weighted by Crippen LogP contribution is -2.33. The second-order valence-corrected chi connectivity index (χ2v) is 6.94. The molecule has 0 saturated carbocycles. The van der Waals surface area contributed by atoms with Gasteiger partial charge in [-0.25, -0.2) is 4.98 Å². The van der Waals surface area contributed by atoms with Crippen molar-refractivity contribution in [2.24, 2.45) is 0 Å². The summed E-state index contributed by atoms with van der Waals surface area (Å²) in [5.74, 6) is 0.